The SMILES string of the molecule is CC(=O)Nc1ccc(NC(=O)CCn2nc([N+](=O)[O-])cc2C)cc1. The third-order valence-corrected chi connectivity index (χ3v) is 3.20. The minimum atomic E-state index is -0.569. The molecule has 1 aromatic heterocycles. The van der Waals surface area contributed by atoms with Crippen molar-refractivity contribution >= 4 is 29.0 Å². The molecule has 0 spiro atoms. The number of hydrogen-bond donors (Lipinski definition) is 2. The Kier molecular flexibility index (Phi) is 5.25. The Hall–Kier alpha value is -3.23. The van der Waals surface area contributed by atoms with E-state index in [0.29, 0.717) is 17.1 Å². The number of carbonyl (C=O) groups is 2. The van der Waals surface area contributed by atoms with Crippen LogP contribution in [0.25, 0.3) is 0 Å². The minimum absolute atomic E-state index is 0.132. The molecule has 1 aromatic carbocycles. The van der Waals surface area contributed by atoms with Crippen LogP contribution in [0.15, 0.2) is 30.3 Å². The molecule has 0 unspecified atom stereocenters. The molecule has 0 aliphatic rings. The number of anilines is 2. The van der Waals surface area contributed by atoms with Crippen molar-refractivity contribution in [2.24, 2.45) is 0 Å². The Labute approximate surface area is 137 Å². The molecule has 0 saturated carbocycles. The van der Waals surface area contributed by atoms with Crippen molar-refractivity contribution < 1.29 is 14.5 Å². The number of hydrogen-bond acceptors (Lipinski definition) is 5. The predicted octanol–water partition coefficient (Wildman–Crippen LogP) is 2.09. The van der Waals surface area contributed by atoms with Crippen molar-refractivity contribution in [1.82, 2.24) is 9.78 Å². The molecule has 2 amide bonds. The first kappa shape index (κ1) is 17.1. The summed E-state index contributed by atoms with van der Waals surface area (Å²) in [6.45, 7) is 3.35. The molecule has 0 aliphatic carbocycles. The molecule has 0 atom stereocenters. The first-order valence-corrected chi connectivity index (χ1v) is 7.21. The second-order valence-electron chi connectivity index (χ2n) is 5.18. The molecule has 1 heterocycles. The maximum atomic E-state index is 11.9. The van der Waals surface area contributed by atoms with Gasteiger partial charge in [0.15, 0.2) is 0 Å². The lowest BCUT2D eigenvalue weighted by atomic mass is 10.2. The Morgan fingerprint density at radius 3 is 2.29 bits per heavy atom. The summed E-state index contributed by atoms with van der Waals surface area (Å²) < 4.78 is 1.43. The van der Waals surface area contributed by atoms with Crippen LogP contribution in [-0.2, 0) is 16.1 Å². The van der Waals surface area contributed by atoms with Crippen LogP contribution in [0.2, 0.25) is 0 Å². The van der Waals surface area contributed by atoms with Gasteiger partial charge in [0.1, 0.15) is 0 Å². The highest BCUT2D eigenvalue weighted by Crippen LogP contribution is 2.14. The van der Waals surface area contributed by atoms with E-state index < -0.39 is 4.92 Å². The van der Waals surface area contributed by atoms with Crippen molar-refractivity contribution in [3.63, 3.8) is 0 Å². The lowest BCUT2D eigenvalue weighted by molar-refractivity contribution is -0.389. The van der Waals surface area contributed by atoms with Crippen LogP contribution in [0, 0.1) is 17.0 Å². The zero-order valence-electron chi connectivity index (χ0n) is 13.3. The van der Waals surface area contributed by atoms with E-state index in [0.717, 1.165) is 0 Å². The van der Waals surface area contributed by atoms with E-state index in [1.54, 1.807) is 31.2 Å². The highest BCUT2D eigenvalue weighted by Gasteiger charge is 2.15. The van der Waals surface area contributed by atoms with Crippen LogP contribution in [0.4, 0.5) is 17.2 Å². The minimum Gasteiger partial charge on any atom is -0.358 e. The van der Waals surface area contributed by atoms with Crippen LogP contribution in [0.5, 0.6) is 0 Å². The molecule has 0 aliphatic heterocycles. The number of nitrogens with zero attached hydrogens (tertiary/aromatic N) is 3. The van der Waals surface area contributed by atoms with Crippen molar-refractivity contribution in [1.29, 1.82) is 0 Å². The highest BCUT2D eigenvalue weighted by molar-refractivity contribution is 5.92. The van der Waals surface area contributed by atoms with Gasteiger partial charge in [-0.2, -0.15) is 4.68 Å². The molecule has 9 nitrogen and oxygen atoms in total. The third kappa shape index (κ3) is 4.63. The summed E-state index contributed by atoms with van der Waals surface area (Å²) in [7, 11) is 0. The zero-order chi connectivity index (χ0) is 17.7. The van der Waals surface area contributed by atoms with Gasteiger partial charge in [0, 0.05) is 24.7 Å². The normalized spacial score (nSPS) is 10.2. The Morgan fingerprint density at radius 2 is 1.79 bits per heavy atom. The summed E-state index contributed by atoms with van der Waals surface area (Å²) in [6.07, 6.45) is 0.132. The van der Waals surface area contributed by atoms with Crippen molar-refractivity contribution in [2.45, 2.75) is 26.8 Å². The van der Waals surface area contributed by atoms with Gasteiger partial charge in [-0.25, -0.2) is 0 Å². The molecule has 2 N–H and O–H groups in total. The fourth-order valence-electron chi connectivity index (χ4n) is 2.08. The molecule has 0 fully saturated rings. The lowest BCUT2D eigenvalue weighted by Gasteiger charge is -2.07. The number of aromatic nitrogens is 2. The maximum Gasteiger partial charge on any atom is 0.390 e. The second kappa shape index (κ2) is 7.36. The predicted molar refractivity (Wildman–Crippen MR) is 87.6 cm³/mol. The molecular weight excluding hydrogens is 314 g/mol. The first-order valence-electron chi connectivity index (χ1n) is 7.21. The molecule has 24 heavy (non-hydrogen) atoms. The quantitative estimate of drug-likeness (QED) is 0.620. The Balaban J connectivity index is 1.89. The van der Waals surface area contributed by atoms with Gasteiger partial charge < -0.3 is 20.7 Å². The van der Waals surface area contributed by atoms with Crippen molar-refractivity contribution in [2.75, 3.05) is 10.6 Å². The van der Waals surface area contributed by atoms with Gasteiger partial charge in [-0.15, -0.1) is 0 Å². The summed E-state index contributed by atoms with van der Waals surface area (Å²) in [6, 6.07) is 8.06. The summed E-state index contributed by atoms with van der Waals surface area (Å²) in [5.41, 5.74) is 1.85. The standard InChI is InChI=1S/C15H17N5O4/c1-10-9-14(20(23)24)18-19(10)8-7-15(22)17-13-5-3-12(4-6-13)16-11(2)21/h3-6,9H,7-8H2,1-2H3,(H,16,21)(H,17,22). The van der Waals surface area contributed by atoms with E-state index in [1.165, 1.54) is 17.7 Å². The van der Waals surface area contributed by atoms with Gasteiger partial charge in [0.25, 0.3) is 0 Å². The van der Waals surface area contributed by atoms with Gasteiger partial charge in [0.05, 0.1) is 23.4 Å². The number of nitrogens with one attached hydrogen (secondary N) is 2. The largest absolute Gasteiger partial charge is 0.390 e. The Morgan fingerprint density at radius 1 is 1.21 bits per heavy atom. The van der Waals surface area contributed by atoms with Gasteiger partial charge in [-0.05, 0) is 36.1 Å². The molecule has 9 heteroatoms. The summed E-state index contributed by atoms with van der Waals surface area (Å²) in [5.74, 6) is -0.642. The number of amides is 2. The number of rotatable bonds is 6. The molecule has 2 rings (SSSR count). The maximum absolute atomic E-state index is 11.9. The van der Waals surface area contributed by atoms with Gasteiger partial charge >= 0.3 is 5.82 Å². The fraction of sp³-hybridized carbons (Fsp3) is 0.267. The molecule has 0 saturated heterocycles. The average molecular weight is 331 g/mol. The van der Waals surface area contributed by atoms with Crippen molar-refractivity contribution in [3.8, 4) is 0 Å². The van der Waals surface area contributed by atoms with Crippen LogP contribution < -0.4 is 10.6 Å². The zero-order valence-corrected chi connectivity index (χ0v) is 13.3. The van der Waals surface area contributed by atoms with E-state index >= 15 is 0 Å². The molecular formula is C15H17N5O4. The molecule has 0 bridgehead atoms. The Bertz CT molecular complexity index is 767. The smallest absolute Gasteiger partial charge is 0.358 e. The lowest BCUT2D eigenvalue weighted by Crippen LogP contribution is -2.15. The number of nitro groups is 1. The molecule has 126 valence electrons. The van der Waals surface area contributed by atoms with E-state index in [-0.39, 0.29) is 30.6 Å². The fourth-order valence-corrected chi connectivity index (χ4v) is 2.08. The first-order chi connectivity index (χ1) is 11.3. The van der Waals surface area contributed by atoms with E-state index in [2.05, 4.69) is 15.7 Å². The summed E-state index contributed by atoms with van der Waals surface area (Å²) in [4.78, 5) is 33.0. The van der Waals surface area contributed by atoms with E-state index in [9.17, 15) is 19.7 Å². The third-order valence-electron chi connectivity index (χ3n) is 3.20. The van der Waals surface area contributed by atoms with Crippen LogP contribution in [0.3, 0.4) is 0 Å². The van der Waals surface area contributed by atoms with E-state index in [4.69, 9.17) is 0 Å². The molecule has 0 radical (unpaired) electrons. The summed E-state index contributed by atoms with van der Waals surface area (Å²) in [5, 5.41) is 19.8. The average Bonchev–Trinajstić information content (AvgIpc) is 2.88. The topological polar surface area (TPSA) is 119 Å². The summed E-state index contributed by atoms with van der Waals surface area (Å²) >= 11 is 0. The van der Waals surface area contributed by atoms with Gasteiger partial charge in [-0.1, -0.05) is 0 Å². The van der Waals surface area contributed by atoms with Crippen LogP contribution in [0.1, 0.15) is 19.0 Å². The van der Waals surface area contributed by atoms with Crippen LogP contribution >= 0.6 is 0 Å². The molecule has 2 aromatic rings. The number of benzene rings is 1. The number of aryl methyl sites for hydroxylation is 2. The highest BCUT2D eigenvalue weighted by atomic mass is 16.6. The van der Waals surface area contributed by atoms with Gasteiger partial charge in [0.2, 0.25) is 11.8 Å². The monoisotopic (exact) mass is 331 g/mol. The second-order valence-corrected chi connectivity index (χ2v) is 5.18. The number of carbonyl (C=O) groups excluding carboxylic acids is 2. The van der Waals surface area contributed by atoms with Crippen LogP contribution in [-0.4, -0.2) is 26.5 Å². The van der Waals surface area contributed by atoms with Gasteiger partial charge in [-0.3, -0.25) is 9.59 Å². The van der Waals surface area contributed by atoms with Crippen molar-refractivity contribution in [3.05, 3.63) is 46.1 Å². The van der Waals surface area contributed by atoms with E-state index in [1.807, 2.05) is 0 Å².